The second-order valence-corrected chi connectivity index (χ2v) is 8.36. The number of nitrogens with zero attached hydrogens (tertiary/aromatic N) is 5. The SMILES string of the molecule is Cc1cc(C)n(CC(=O)N(Cc2cccnc2)c2nc3c(C)c(Cl)ccc3s2)n1. The summed E-state index contributed by atoms with van der Waals surface area (Å²) in [6.45, 7) is 6.34. The highest BCUT2D eigenvalue weighted by Gasteiger charge is 2.22. The molecule has 4 rings (SSSR count). The van der Waals surface area contributed by atoms with Crippen LogP contribution in [-0.2, 0) is 17.9 Å². The van der Waals surface area contributed by atoms with E-state index in [2.05, 4.69) is 10.1 Å². The average Bonchev–Trinajstić information content (AvgIpc) is 3.26. The molecule has 6 nitrogen and oxygen atoms in total. The predicted octanol–water partition coefficient (Wildman–Crippen LogP) is 4.70. The summed E-state index contributed by atoms with van der Waals surface area (Å²) in [5.74, 6) is -0.0807. The number of aromatic nitrogens is 4. The summed E-state index contributed by atoms with van der Waals surface area (Å²) in [6, 6.07) is 9.58. The Balaban J connectivity index is 1.73. The number of carbonyl (C=O) groups excluding carboxylic acids is 1. The van der Waals surface area contributed by atoms with E-state index in [9.17, 15) is 4.79 Å². The molecular weight excluding hydrogens is 406 g/mol. The van der Waals surface area contributed by atoms with Crippen molar-refractivity contribution in [3.63, 3.8) is 0 Å². The average molecular weight is 426 g/mol. The van der Waals surface area contributed by atoms with Gasteiger partial charge in [0.05, 0.1) is 22.5 Å². The van der Waals surface area contributed by atoms with E-state index in [0.29, 0.717) is 16.7 Å². The largest absolute Gasteiger partial charge is 0.282 e. The van der Waals surface area contributed by atoms with Gasteiger partial charge in [-0.2, -0.15) is 5.10 Å². The van der Waals surface area contributed by atoms with Gasteiger partial charge in [-0.3, -0.25) is 19.4 Å². The zero-order chi connectivity index (χ0) is 20.5. The molecule has 0 fully saturated rings. The fourth-order valence-corrected chi connectivity index (χ4v) is 4.38. The molecule has 0 bridgehead atoms. The molecule has 148 valence electrons. The molecule has 3 heterocycles. The van der Waals surface area contributed by atoms with Crippen LogP contribution in [0.25, 0.3) is 10.2 Å². The molecule has 0 N–H and O–H groups in total. The Labute approximate surface area is 177 Å². The summed E-state index contributed by atoms with van der Waals surface area (Å²) >= 11 is 7.74. The van der Waals surface area contributed by atoms with Crippen LogP contribution in [0.1, 0.15) is 22.5 Å². The van der Waals surface area contributed by atoms with Gasteiger partial charge in [0.1, 0.15) is 6.54 Å². The molecule has 1 amide bonds. The highest BCUT2D eigenvalue weighted by molar-refractivity contribution is 7.22. The van der Waals surface area contributed by atoms with Gasteiger partial charge >= 0.3 is 0 Å². The van der Waals surface area contributed by atoms with Crippen molar-refractivity contribution in [2.75, 3.05) is 4.90 Å². The molecular formula is C21H20ClN5OS. The molecule has 0 aliphatic heterocycles. The van der Waals surface area contributed by atoms with E-state index in [4.69, 9.17) is 16.6 Å². The van der Waals surface area contributed by atoms with Crippen LogP contribution in [0, 0.1) is 20.8 Å². The van der Waals surface area contributed by atoms with E-state index in [1.54, 1.807) is 22.0 Å². The summed E-state index contributed by atoms with van der Waals surface area (Å²) in [4.78, 5) is 23.9. The van der Waals surface area contributed by atoms with E-state index >= 15 is 0 Å². The zero-order valence-electron chi connectivity index (χ0n) is 16.4. The number of rotatable bonds is 5. The van der Waals surface area contributed by atoms with Crippen LogP contribution < -0.4 is 4.90 Å². The first-order chi connectivity index (χ1) is 13.9. The van der Waals surface area contributed by atoms with E-state index in [1.165, 1.54) is 11.3 Å². The number of anilines is 1. The molecule has 1 aromatic carbocycles. The maximum atomic E-state index is 13.3. The number of pyridine rings is 1. The monoisotopic (exact) mass is 425 g/mol. The molecule has 0 aliphatic rings. The second-order valence-electron chi connectivity index (χ2n) is 6.94. The van der Waals surface area contributed by atoms with E-state index < -0.39 is 0 Å². The van der Waals surface area contributed by atoms with E-state index in [0.717, 1.165) is 32.7 Å². The van der Waals surface area contributed by atoms with Gasteiger partial charge in [-0.05, 0) is 56.2 Å². The molecule has 4 aromatic rings. The highest BCUT2D eigenvalue weighted by Crippen LogP contribution is 2.34. The van der Waals surface area contributed by atoms with Crippen molar-refractivity contribution in [1.82, 2.24) is 19.7 Å². The fourth-order valence-electron chi connectivity index (χ4n) is 3.19. The molecule has 29 heavy (non-hydrogen) atoms. The third-order valence-electron chi connectivity index (χ3n) is 4.72. The Morgan fingerprint density at radius 1 is 1.24 bits per heavy atom. The number of halogens is 1. The number of amides is 1. The first kappa shape index (κ1) is 19.5. The van der Waals surface area contributed by atoms with Crippen LogP contribution in [0.4, 0.5) is 5.13 Å². The third-order valence-corrected chi connectivity index (χ3v) is 6.17. The van der Waals surface area contributed by atoms with Crippen molar-refractivity contribution < 1.29 is 4.79 Å². The highest BCUT2D eigenvalue weighted by atomic mass is 35.5. The van der Waals surface area contributed by atoms with Gasteiger partial charge in [-0.15, -0.1) is 0 Å². The summed E-state index contributed by atoms with van der Waals surface area (Å²) in [5, 5.41) is 5.73. The molecule has 0 atom stereocenters. The quantitative estimate of drug-likeness (QED) is 0.465. The minimum atomic E-state index is -0.0807. The van der Waals surface area contributed by atoms with Crippen LogP contribution in [0.2, 0.25) is 5.02 Å². The zero-order valence-corrected chi connectivity index (χ0v) is 18.0. The maximum absolute atomic E-state index is 13.3. The Morgan fingerprint density at radius 2 is 2.07 bits per heavy atom. The van der Waals surface area contributed by atoms with Crippen LogP contribution in [-0.4, -0.2) is 25.7 Å². The van der Waals surface area contributed by atoms with Crippen molar-refractivity contribution >= 4 is 44.2 Å². The van der Waals surface area contributed by atoms with Gasteiger partial charge in [0, 0.05) is 23.1 Å². The van der Waals surface area contributed by atoms with Crippen LogP contribution >= 0.6 is 22.9 Å². The van der Waals surface area contributed by atoms with E-state index in [1.807, 2.05) is 51.1 Å². The number of aryl methyl sites for hydroxylation is 3. The van der Waals surface area contributed by atoms with Crippen LogP contribution in [0.3, 0.4) is 0 Å². The Morgan fingerprint density at radius 3 is 2.76 bits per heavy atom. The van der Waals surface area contributed by atoms with Crippen molar-refractivity contribution in [2.45, 2.75) is 33.9 Å². The van der Waals surface area contributed by atoms with Gasteiger partial charge in [-0.1, -0.05) is 29.0 Å². The van der Waals surface area contributed by atoms with Crippen molar-refractivity contribution in [1.29, 1.82) is 0 Å². The smallest absolute Gasteiger partial charge is 0.250 e. The lowest BCUT2D eigenvalue weighted by Crippen LogP contribution is -2.34. The first-order valence-corrected chi connectivity index (χ1v) is 10.4. The molecule has 0 radical (unpaired) electrons. The summed E-state index contributed by atoms with van der Waals surface area (Å²) in [5.41, 5.74) is 4.51. The number of benzene rings is 1. The van der Waals surface area contributed by atoms with Crippen LogP contribution in [0.5, 0.6) is 0 Å². The van der Waals surface area contributed by atoms with Crippen LogP contribution in [0.15, 0.2) is 42.7 Å². The number of fused-ring (bicyclic) bond motifs is 1. The van der Waals surface area contributed by atoms with Crippen molar-refractivity contribution in [3.8, 4) is 0 Å². The van der Waals surface area contributed by atoms with Gasteiger partial charge in [0.15, 0.2) is 5.13 Å². The maximum Gasteiger partial charge on any atom is 0.250 e. The summed E-state index contributed by atoms with van der Waals surface area (Å²) in [7, 11) is 0. The third kappa shape index (κ3) is 4.02. The first-order valence-electron chi connectivity index (χ1n) is 9.18. The fraction of sp³-hybridized carbons (Fsp3) is 0.238. The number of carbonyl (C=O) groups is 1. The number of hydrogen-bond donors (Lipinski definition) is 0. The molecule has 8 heteroatoms. The van der Waals surface area contributed by atoms with Gasteiger partial charge < -0.3 is 0 Å². The summed E-state index contributed by atoms with van der Waals surface area (Å²) < 4.78 is 2.72. The van der Waals surface area contributed by atoms with Gasteiger partial charge in [0.25, 0.3) is 5.91 Å². The van der Waals surface area contributed by atoms with Crippen molar-refractivity contribution in [3.05, 3.63) is 70.3 Å². The Hall–Kier alpha value is -2.77. The molecule has 3 aromatic heterocycles. The molecule has 0 saturated carbocycles. The standard InChI is InChI=1S/C21H20ClN5OS/c1-13-9-14(2)27(25-13)12-19(28)26(11-16-5-4-8-23-10-16)21-24-20-15(3)17(22)6-7-18(20)29-21/h4-10H,11-12H2,1-3H3. The lowest BCUT2D eigenvalue weighted by Gasteiger charge is -2.20. The number of hydrogen-bond acceptors (Lipinski definition) is 5. The molecule has 0 unspecified atom stereocenters. The Bertz CT molecular complexity index is 1180. The number of thiazole rings is 1. The normalized spacial score (nSPS) is 11.2. The second kappa shape index (κ2) is 7.93. The minimum Gasteiger partial charge on any atom is -0.282 e. The topological polar surface area (TPSA) is 63.9 Å². The lowest BCUT2D eigenvalue weighted by atomic mass is 10.2. The lowest BCUT2D eigenvalue weighted by molar-refractivity contribution is -0.119. The summed E-state index contributed by atoms with van der Waals surface area (Å²) in [6.07, 6.45) is 3.48. The van der Waals surface area contributed by atoms with Gasteiger partial charge in [0.2, 0.25) is 0 Å². The predicted molar refractivity (Wildman–Crippen MR) is 116 cm³/mol. The molecule has 0 saturated heterocycles. The van der Waals surface area contributed by atoms with Crippen molar-refractivity contribution in [2.24, 2.45) is 0 Å². The Kier molecular flexibility index (Phi) is 5.34. The minimum absolute atomic E-state index is 0.0807. The van der Waals surface area contributed by atoms with Gasteiger partial charge in [-0.25, -0.2) is 4.98 Å². The molecule has 0 aliphatic carbocycles. The molecule has 0 spiro atoms. The van der Waals surface area contributed by atoms with E-state index in [-0.39, 0.29) is 12.5 Å².